The van der Waals surface area contributed by atoms with E-state index in [1.807, 2.05) is 47.4 Å². The van der Waals surface area contributed by atoms with Crippen LogP contribution in [0.4, 0.5) is 17.3 Å². The van der Waals surface area contributed by atoms with Crippen LogP contribution in [0, 0.1) is 0 Å². The fourth-order valence-corrected chi connectivity index (χ4v) is 4.21. The van der Waals surface area contributed by atoms with Crippen LogP contribution in [-0.2, 0) is 4.74 Å². The van der Waals surface area contributed by atoms with Crippen molar-refractivity contribution in [3.05, 3.63) is 61.3 Å². The van der Waals surface area contributed by atoms with E-state index in [9.17, 15) is 0 Å². The first kappa shape index (κ1) is 19.7. The smallest absolute Gasteiger partial charge is 0.180 e. The van der Waals surface area contributed by atoms with Crippen LogP contribution in [0.2, 0.25) is 0 Å². The maximum absolute atomic E-state index is 5.78. The van der Waals surface area contributed by atoms with Crippen LogP contribution < -0.4 is 10.2 Å². The Balaban J connectivity index is 1.30. The Bertz CT molecular complexity index is 1410. The molecule has 2 N–H and O–H groups in total. The SMILES string of the molecule is CC[C@@H]1CN(c2ccc(Nc3nc(-c4ccc5cn[nH]c5c4)cn4ccnc34)cn2)CCO1. The van der Waals surface area contributed by atoms with Gasteiger partial charge in [0.1, 0.15) is 5.82 Å². The molecule has 0 amide bonds. The molecular weight excluding hydrogens is 416 g/mol. The molecule has 0 spiro atoms. The van der Waals surface area contributed by atoms with Crippen LogP contribution in [0.1, 0.15) is 13.3 Å². The quantitative estimate of drug-likeness (QED) is 0.426. The average molecular weight is 441 g/mol. The van der Waals surface area contributed by atoms with Crippen LogP contribution in [0.25, 0.3) is 27.8 Å². The average Bonchev–Trinajstić information content (AvgIpc) is 3.53. The monoisotopic (exact) mass is 440 g/mol. The second-order valence-electron chi connectivity index (χ2n) is 8.18. The van der Waals surface area contributed by atoms with Crippen LogP contribution in [0.3, 0.4) is 0 Å². The van der Waals surface area contributed by atoms with Gasteiger partial charge in [-0.1, -0.05) is 19.1 Å². The maximum Gasteiger partial charge on any atom is 0.180 e. The number of rotatable bonds is 5. The number of ether oxygens (including phenoxy) is 1. The molecule has 1 fully saturated rings. The van der Waals surface area contributed by atoms with E-state index in [4.69, 9.17) is 9.72 Å². The van der Waals surface area contributed by atoms with E-state index in [0.717, 1.165) is 65.4 Å². The Kier molecular flexibility index (Phi) is 4.88. The molecule has 5 heterocycles. The fourth-order valence-electron chi connectivity index (χ4n) is 4.21. The number of pyridine rings is 1. The Morgan fingerprint density at radius 2 is 2.15 bits per heavy atom. The van der Waals surface area contributed by atoms with Crippen molar-refractivity contribution in [1.29, 1.82) is 0 Å². The van der Waals surface area contributed by atoms with Gasteiger partial charge in [0.2, 0.25) is 0 Å². The molecule has 5 aromatic rings. The van der Waals surface area contributed by atoms with Gasteiger partial charge in [-0.25, -0.2) is 15.0 Å². The van der Waals surface area contributed by atoms with E-state index in [1.54, 1.807) is 6.20 Å². The van der Waals surface area contributed by atoms with Gasteiger partial charge in [0.25, 0.3) is 0 Å². The minimum atomic E-state index is 0.264. The molecule has 9 heteroatoms. The summed E-state index contributed by atoms with van der Waals surface area (Å²) in [5.41, 5.74) is 4.42. The lowest BCUT2D eigenvalue weighted by atomic mass is 10.1. The maximum atomic E-state index is 5.78. The molecule has 4 aromatic heterocycles. The summed E-state index contributed by atoms with van der Waals surface area (Å²) >= 11 is 0. The number of hydrogen-bond donors (Lipinski definition) is 2. The first-order chi connectivity index (χ1) is 16.3. The number of nitrogens with zero attached hydrogens (tertiary/aromatic N) is 6. The molecule has 0 unspecified atom stereocenters. The zero-order valence-corrected chi connectivity index (χ0v) is 18.3. The van der Waals surface area contributed by atoms with Crippen molar-refractivity contribution in [1.82, 2.24) is 29.5 Å². The van der Waals surface area contributed by atoms with Gasteiger partial charge in [-0.3, -0.25) is 5.10 Å². The Labute approximate surface area is 190 Å². The number of imidazole rings is 1. The third kappa shape index (κ3) is 3.76. The van der Waals surface area contributed by atoms with Gasteiger partial charge in [-0.05, 0) is 24.6 Å². The lowest BCUT2D eigenvalue weighted by Gasteiger charge is -2.33. The summed E-state index contributed by atoms with van der Waals surface area (Å²) in [7, 11) is 0. The van der Waals surface area contributed by atoms with E-state index < -0.39 is 0 Å². The fraction of sp³-hybridized carbons (Fsp3) is 0.250. The number of hydrogen-bond acceptors (Lipinski definition) is 7. The molecule has 1 aliphatic heterocycles. The van der Waals surface area contributed by atoms with Gasteiger partial charge < -0.3 is 19.4 Å². The molecule has 0 aliphatic carbocycles. The predicted octanol–water partition coefficient (Wildman–Crippen LogP) is 4.03. The summed E-state index contributed by atoms with van der Waals surface area (Å²) in [6, 6.07) is 10.2. The lowest BCUT2D eigenvalue weighted by Crippen LogP contribution is -2.42. The molecule has 0 saturated carbocycles. The Morgan fingerprint density at radius 3 is 3.03 bits per heavy atom. The van der Waals surface area contributed by atoms with E-state index >= 15 is 0 Å². The molecule has 1 aliphatic rings. The molecule has 6 rings (SSSR count). The summed E-state index contributed by atoms with van der Waals surface area (Å²) in [5, 5.41) is 11.6. The molecule has 0 radical (unpaired) electrons. The second kappa shape index (κ2) is 8.18. The van der Waals surface area contributed by atoms with Crippen molar-refractivity contribution >= 4 is 33.9 Å². The summed E-state index contributed by atoms with van der Waals surface area (Å²) < 4.78 is 7.75. The largest absolute Gasteiger partial charge is 0.375 e. The van der Waals surface area contributed by atoms with E-state index in [2.05, 4.69) is 49.4 Å². The number of aromatic nitrogens is 6. The molecular formula is C24H24N8O. The van der Waals surface area contributed by atoms with E-state index in [-0.39, 0.29) is 6.10 Å². The number of fused-ring (bicyclic) bond motifs is 2. The van der Waals surface area contributed by atoms with Crippen molar-refractivity contribution in [2.45, 2.75) is 19.4 Å². The van der Waals surface area contributed by atoms with Gasteiger partial charge in [-0.15, -0.1) is 0 Å². The highest BCUT2D eigenvalue weighted by Gasteiger charge is 2.20. The molecule has 33 heavy (non-hydrogen) atoms. The minimum absolute atomic E-state index is 0.264. The summed E-state index contributed by atoms with van der Waals surface area (Å²) in [6.45, 7) is 4.61. The number of aromatic amines is 1. The standard InChI is InChI=1S/C24H24N8O/c1-2-19-14-31(9-10-33-19)22-6-5-18(13-26-22)28-23-24-25-7-8-32(24)15-21(29-23)16-3-4-17-12-27-30-20(17)11-16/h3-8,11-13,15,19H,2,9-10,14H2,1H3,(H,27,30)(H,28,29)/t19-/m1/s1. The zero-order valence-electron chi connectivity index (χ0n) is 18.3. The normalized spacial score (nSPS) is 16.5. The lowest BCUT2D eigenvalue weighted by molar-refractivity contribution is 0.0382. The first-order valence-electron chi connectivity index (χ1n) is 11.1. The topological polar surface area (TPSA) is 96.3 Å². The summed E-state index contributed by atoms with van der Waals surface area (Å²) in [5.74, 6) is 1.64. The van der Waals surface area contributed by atoms with Gasteiger partial charge in [0.15, 0.2) is 11.5 Å². The van der Waals surface area contributed by atoms with Crippen molar-refractivity contribution in [3.8, 4) is 11.3 Å². The molecule has 166 valence electrons. The van der Waals surface area contributed by atoms with Crippen LogP contribution in [-0.4, -0.2) is 55.4 Å². The predicted molar refractivity (Wildman–Crippen MR) is 128 cm³/mol. The first-order valence-corrected chi connectivity index (χ1v) is 11.1. The van der Waals surface area contributed by atoms with E-state index in [1.165, 1.54) is 0 Å². The van der Waals surface area contributed by atoms with Crippen LogP contribution in [0.15, 0.2) is 61.3 Å². The summed E-state index contributed by atoms with van der Waals surface area (Å²) in [6.07, 6.45) is 10.6. The highest BCUT2D eigenvalue weighted by Crippen LogP contribution is 2.27. The third-order valence-corrected chi connectivity index (χ3v) is 6.04. The number of nitrogens with one attached hydrogen (secondary N) is 2. The van der Waals surface area contributed by atoms with Crippen LogP contribution in [0.5, 0.6) is 0 Å². The number of anilines is 3. The minimum Gasteiger partial charge on any atom is -0.375 e. The highest BCUT2D eigenvalue weighted by molar-refractivity contribution is 5.84. The van der Waals surface area contributed by atoms with Crippen molar-refractivity contribution in [3.63, 3.8) is 0 Å². The van der Waals surface area contributed by atoms with Crippen LogP contribution >= 0.6 is 0 Å². The van der Waals surface area contributed by atoms with E-state index in [0.29, 0.717) is 5.82 Å². The van der Waals surface area contributed by atoms with Crippen molar-refractivity contribution in [2.75, 3.05) is 29.9 Å². The number of benzene rings is 1. The summed E-state index contributed by atoms with van der Waals surface area (Å²) in [4.78, 5) is 16.3. The van der Waals surface area contributed by atoms with Gasteiger partial charge >= 0.3 is 0 Å². The van der Waals surface area contributed by atoms with Gasteiger partial charge in [-0.2, -0.15) is 5.10 Å². The zero-order chi connectivity index (χ0) is 22.2. The van der Waals surface area contributed by atoms with Gasteiger partial charge in [0, 0.05) is 42.6 Å². The molecule has 1 atom stereocenters. The third-order valence-electron chi connectivity index (χ3n) is 6.04. The second-order valence-corrected chi connectivity index (χ2v) is 8.18. The Morgan fingerprint density at radius 1 is 1.18 bits per heavy atom. The highest BCUT2D eigenvalue weighted by atomic mass is 16.5. The molecule has 1 aromatic carbocycles. The van der Waals surface area contributed by atoms with Crippen molar-refractivity contribution < 1.29 is 4.74 Å². The van der Waals surface area contributed by atoms with Gasteiger partial charge in [0.05, 0.1) is 42.0 Å². The molecule has 9 nitrogen and oxygen atoms in total. The number of morpholine rings is 1. The van der Waals surface area contributed by atoms with Crippen molar-refractivity contribution in [2.24, 2.45) is 0 Å². The Hall–Kier alpha value is -3.98. The molecule has 0 bridgehead atoms. The molecule has 1 saturated heterocycles. The number of H-pyrrole nitrogens is 1.